The molecule has 26 heavy (non-hydrogen) atoms. The minimum atomic E-state index is -0.167. The van der Waals surface area contributed by atoms with Crippen molar-refractivity contribution in [1.82, 2.24) is 0 Å². The molecule has 2 aromatic carbocycles. The quantitative estimate of drug-likeness (QED) is 0.735. The number of hydrogen-bond donors (Lipinski definition) is 1. The number of hydrogen-bond acceptors (Lipinski definition) is 5. The van der Waals surface area contributed by atoms with Crippen molar-refractivity contribution >= 4 is 17.9 Å². The van der Waals surface area contributed by atoms with E-state index < -0.39 is 0 Å². The second-order valence-electron chi connectivity index (χ2n) is 5.49. The number of ether oxygens (including phenoxy) is 3. The highest BCUT2D eigenvalue weighted by Gasteiger charge is 2.01. The van der Waals surface area contributed by atoms with Crippen LogP contribution in [0.1, 0.15) is 16.7 Å². The van der Waals surface area contributed by atoms with Crippen molar-refractivity contribution in [3.05, 3.63) is 65.2 Å². The van der Waals surface area contributed by atoms with E-state index in [0.29, 0.717) is 17.2 Å². The van der Waals surface area contributed by atoms with Crippen LogP contribution in [0.25, 0.3) is 12.2 Å². The van der Waals surface area contributed by atoms with Gasteiger partial charge in [0.1, 0.15) is 17.2 Å². The minimum absolute atomic E-state index is 0.0937. The number of aliphatic hydroxyl groups is 1. The molecule has 0 aliphatic rings. The maximum absolute atomic E-state index is 12.1. The third kappa shape index (κ3) is 5.50. The van der Waals surface area contributed by atoms with Gasteiger partial charge < -0.3 is 19.3 Å². The zero-order valence-electron chi connectivity index (χ0n) is 15.1. The second kappa shape index (κ2) is 9.44. The third-order valence-electron chi connectivity index (χ3n) is 3.66. The molecule has 0 aliphatic heterocycles. The van der Waals surface area contributed by atoms with Gasteiger partial charge in [-0.2, -0.15) is 0 Å². The van der Waals surface area contributed by atoms with Crippen LogP contribution in [0.4, 0.5) is 0 Å². The van der Waals surface area contributed by atoms with Crippen molar-refractivity contribution in [1.29, 1.82) is 0 Å². The van der Waals surface area contributed by atoms with E-state index in [2.05, 4.69) is 0 Å². The number of carbonyl (C=O) groups is 1. The largest absolute Gasteiger partial charge is 0.497 e. The summed E-state index contributed by atoms with van der Waals surface area (Å²) in [7, 11) is 4.70. The smallest absolute Gasteiger partial charge is 0.178 e. The molecular formula is C21H22O5. The summed E-state index contributed by atoms with van der Waals surface area (Å²) in [5, 5.41) is 9.28. The topological polar surface area (TPSA) is 65.0 Å². The van der Waals surface area contributed by atoms with Gasteiger partial charge in [-0.1, -0.05) is 12.2 Å². The Bertz CT molecular complexity index is 709. The normalized spacial score (nSPS) is 11.1. The average molecular weight is 354 g/mol. The molecule has 0 aliphatic carbocycles. The predicted molar refractivity (Wildman–Crippen MR) is 102 cm³/mol. The Morgan fingerprint density at radius 2 is 1.27 bits per heavy atom. The van der Waals surface area contributed by atoms with Gasteiger partial charge in [0.2, 0.25) is 0 Å². The number of rotatable bonds is 8. The van der Waals surface area contributed by atoms with Gasteiger partial charge in [-0.05, 0) is 59.2 Å². The number of carbonyl (C=O) groups excluding carboxylic acids is 1. The third-order valence-corrected chi connectivity index (χ3v) is 3.66. The van der Waals surface area contributed by atoms with E-state index in [-0.39, 0.29) is 12.4 Å². The van der Waals surface area contributed by atoms with Gasteiger partial charge in [0, 0.05) is 6.07 Å². The fourth-order valence-electron chi connectivity index (χ4n) is 2.33. The minimum Gasteiger partial charge on any atom is -0.497 e. The van der Waals surface area contributed by atoms with Crippen LogP contribution < -0.4 is 14.2 Å². The fourth-order valence-corrected chi connectivity index (χ4v) is 2.33. The van der Waals surface area contributed by atoms with E-state index >= 15 is 0 Å². The lowest BCUT2D eigenvalue weighted by atomic mass is 10.1. The summed E-state index contributed by atoms with van der Waals surface area (Å²) in [6.07, 6.45) is 6.31. The Kier molecular flexibility index (Phi) is 7.00. The first-order valence-corrected chi connectivity index (χ1v) is 8.00. The van der Waals surface area contributed by atoms with Crippen molar-refractivity contribution in [3.8, 4) is 17.2 Å². The predicted octanol–water partition coefficient (Wildman–Crippen LogP) is 3.50. The van der Waals surface area contributed by atoms with Crippen molar-refractivity contribution in [3.63, 3.8) is 0 Å². The van der Waals surface area contributed by atoms with E-state index in [1.54, 1.807) is 57.7 Å². The van der Waals surface area contributed by atoms with Crippen molar-refractivity contribution < 1.29 is 24.1 Å². The molecule has 0 radical (unpaired) electrons. The van der Waals surface area contributed by atoms with Crippen LogP contribution >= 0.6 is 0 Å². The Labute approximate surface area is 153 Å². The molecule has 0 atom stereocenters. The zero-order chi connectivity index (χ0) is 18.9. The summed E-state index contributed by atoms with van der Waals surface area (Å²) in [6.45, 7) is -0.0937. The highest BCUT2D eigenvalue weighted by Crippen LogP contribution is 2.23. The van der Waals surface area contributed by atoms with Gasteiger partial charge in [-0.15, -0.1) is 0 Å². The van der Waals surface area contributed by atoms with Crippen molar-refractivity contribution in [2.75, 3.05) is 21.3 Å². The molecule has 0 unspecified atom stereocenters. The van der Waals surface area contributed by atoms with Crippen LogP contribution in [0.15, 0.2) is 48.6 Å². The molecule has 136 valence electrons. The van der Waals surface area contributed by atoms with E-state index in [1.807, 2.05) is 12.1 Å². The summed E-state index contributed by atoms with van der Waals surface area (Å²) in [6, 6.07) is 10.7. The number of benzene rings is 2. The summed E-state index contributed by atoms with van der Waals surface area (Å²) in [5.74, 6) is 1.77. The molecule has 2 aromatic rings. The molecular weight excluding hydrogens is 332 g/mol. The molecule has 0 aromatic heterocycles. The Balaban J connectivity index is 2.13. The first-order valence-electron chi connectivity index (χ1n) is 8.00. The summed E-state index contributed by atoms with van der Waals surface area (Å²) < 4.78 is 15.6. The zero-order valence-corrected chi connectivity index (χ0v) is 15.1. The van der Waals surface area contributed by atoms with E-state index in [4.69, 9.17) is 14.2 Å². The van der Waals surface area contributed by atoms with Crippen LogP contribution in [0.2, 0.25) is 0 Å². The monoisotopic (exact) mass is 354 g/mol. The highest BCUT2D eigenvalue weighted by atomic mass is 16.5. The molecule has 2 rings (SSSR count). The van der Waals surface area contributed by atoms with Crippen LogP contribution in [0.5, 0.6) is 17.2 Å². The first-order chi connectivity index (χ1) is 12.6. The molecule has 5 nitrogen and oxygen atoms in total. The molecule has 0 saturated heterocycles. The van der Waals surface area contributed by atoms with Gasteiger partial charge in [0.05, 0.1) is 27.9 Å². The molecule has 0 heterocycles. The van der Waals surface area contributed by atoms with Crippen LogP contribution in [0, 0.1) is 0 Å². The van der Waals surface area contributed by atoms with Gasteiger partial charge in [0.25, 0.3) is 0 Å². The molecule has 0 fully saturated rings. The van der Waals surface area contributed by atoms with Crippen LogP contribution in [-0.2, 0) is 11.4 Å². The van der Waals surface area contributed by atoms with E-state index in [9.17, 15) is 9.90 Å². The Morgan fingerprint density at radius 1 is 0.808 bits per heavy atom. The number of ketones is 1. The first kappa shape index (κ1) is 19.3. The van der Waals surface area contributed by atoms with Gasteiger partial charge in [0.15, 0.2) is 5.78 Å². The lowest BCUT2D eigenvalue weighted by molar-refractivity contribution is -0.110. The summed E-state index contributed by atoms with van der Waals surface area (Å²) in [4.78, 5) is 12.1. The Morgan fingerprint density at radius 3 is 1.73 bits per heavy atom. The van der Waals surface area contributed by atoms with Crippen LogP contribution in [0.3, 0.4) is 0 Å². The van der Waals surface area contributed by atoms with Gasteiger partial charge in [-0.25, -0.2) is 0 Å². The highest BCUT2D eigenvalue weighted by molar-refractivity contribution is 6.04. The van der Waals surface area contributed by atoms with Crippen LogP contribution in [-0.4, -0.2) is 32.2 Å². The number of methoxy groups -OCH3 is 3. The average Bonchev–Trinajstić information content (AvgIpc) is 2.69. The molecule has 0 amide bonds. The maximum atomic E-state index is 12.1. The second-order valence-corrected chi connectivity index (χ2v) is 5.49. The molecule has 5 heteroatoms. The maximum Gasteiger partial charge on any atom is 0.178 e. The number of allylic oxidation sites excluding steroid dienone is 2. The van der Waals surface area contributed by atoms with Crippen molar-refractivity contribution in [2.24, 2.45) is 0 Å². The van der Waals surface area contributed by atoms with E-state index in [1.165, 1.54) is 12.2 Å². The molecule has 0 spiro atoms. The summed E-state index contributed by atoms with van der Waals surface area (Å²) in [5.41, 5.74) is 2.29. The SMILES string of the molecule is COc1cc(C=CC(=O)C=Cc2cc(OC)cc(OC)c2)cc(CO)c1. The molecule has 0 saturated carbocycles. The Hall–Kier alpha value is -3.05. The molecule has 0 bridgehead atoms. The summed E-state index contributed by atoms with van der Waals surface area (Å²) >= 11 is 0. The number of aliphatic hydroxyl groups excluding tert-OH is 1. The fraction of sp³-hybridized carbons (Fsp3) is 0.190. The van der Waals surface area contributed by atoms with Crippen molar-refractivity contribution in [2.45, 2.75) is 6.61 Å². The molecule has 1 N–H and O–H groups in total. The standard InChI is InChI=1S/C21H22O5/c1-24-19-9-15(8-17(12-19)14-22)4-6-18(23)7-5-16-10-20(25-2)13-21(11-16)26-3/h4-13,22H,14H2,1-3H3. The lowest BCUT2D eigenvalue weighted by Crippen LogP contribution is -1.90. The lowest BCUT2D eigenvalue weighted by Gasteiger charge is -2.05. The van der Waals surface area contributed by atoms with E-state index in [0.717, 1.165) is 16.7 Å². The van der Waals surface area contributed by atoms with Gasteiger partial charge >= 0.3 is 0 Å². The van der Waals surface area contributed by atoms with Gasteiger partial charge in [-0.3, -0.25) is 4.79 Å².